The van der Waals surface area contributed by atoms with Crippen LogP contribution in [0.2, 0.25) is 0 Å². The summed E-state index contributed by atoms with van der Waals surface area (Å²) in [5.74, 6) is -2.36. The Morgan fingerprint density at radius 2 is 2.10 bits per heavy atom. The first-order valence-electron chi connectivity index (χ1n) is 2.23. The summed E-state index contributed by atoms with van der Waals surface area (Å²) in [6.07, 6.45) is -0.866. The van der Waals surface area contributed by atoms with E-state index in [4.69, 9.17) is 15.3 Å². The Morgan fingerprint density at radius 1 is 1.50 bits per heavy atom. The summed E-state index contributed by atoms with van der Waals surface area (Å²) in [6, 6.07) is 0. The molecular weight excluding hydrogens is 142 g/mol. The minimum absolute atomic E-state index is 0.697. The van der Waals surface area contributed by atoms with Gasteiger partial charge in [-0.2, -0.15) is 4.98 Å². The van der Waals surface area contributed by atoms with Crippen LogP contribution in [0.1, 0.15) is 10.5 Å². The first-order chi connectivity index (χ1) is 4.61. The minimum atomic E-state index is -1.46. The van der Waals surface area contributed by atoms with Crippen molar-refractivity contribution in [3.63, 3.8) is 0 Å². The molecule has 1 aromatic rings. The zero-order valence-electron chi connectivity index (χ0n) is 4.61. The largest absolute Gasteiger partial charge is 0.479 e. The number of rotatable bonds is 1. The van der Waals surface area contributed by atoms with Crippen molar-refractivity contribution < 1.29 is 24.5 Å². The number of nitrogens with zero attached hydrogens (tertiary/aromatic N) is 1. The van der Waals surface area contributed by atoms with Gasteiger partial charge in [-0.15, -0.1) is 0 Å². The second kappa shape index (κ2) is 1.90. The summed E-state index contributed by atoms with van der Waals surface area (Å²) in [5, 5.41) is 25.1. The number of aromatic hydroxyl groups is 2. The highest BCUT2D eigenvalue weighted by Gasteiger charge is 2.17. The molecule has 0 fully saturated rings. The molecule has 0 aliphatic rings. The number of oxazole rings is 1. The number of aromatic nitrogens is 1. The highest BCUT2D eigenvalue weighted by atomic mass is 16.6. The SMILES string of the molecule is O=C(O)c1nc(O)oc1O. The van der Waals surface area contributed by atoms with Gasteiger partial charge in [-0.1, -0.05) is 0 Å². The van der Waals surface area contributed by atoms with Gasteiger partial charge in [-0.3, -0.25) is 0 Å². The van der Waals surface area contributed by atoms with Crippen molar-refractivity contribution in [2.75, 3.05) is 0 Å². The minimum Gasteiger partial charge on any atom is -0.479 e. The average molecular weight is 145 g/mol. The third kappa shape index (κ3) is 0.859. The van der Waals surface area contributed by atoms with Crippen LogP contribution >= 0.6 is 0 Å². The quantitative estimate of drug-likeness (QED) is 0.504. The molecule has 0 saturated carbocycles. The molecular formula is C4H3NO5. The lowest BCUT2D eigenvalue weighted by Gasteiger charge is -1.81. The molecule has 1 aromatic heterocycles. The Kier molecular flexibility index (Phi) is 1.22. The number of hydrogen-bond acceptors (Lipinski definition) is 5. The highest BCUT2D eigenvalue weighted by Crippen LogP contribution is 2.21. The van der Waals surface area contributed by atoms with Crippen molar-refractivity contribution in [2.24, 2.45) is 0 Å². The van der Waals surface area contributed by atoms with Crippen LogP contribution in [0.5, 0.6) is 12.0 Å². The predicted octanol–water partition coefficient (Wildman–Crippen LogP) is -0.216. The summed E-state index contributed by atoms with van der Waals surface area (Å²) in [4.78, 5) is 13.0. The van der Waals surface area contributed by atoms with Crippen molar-refractivity contribution in [3.05, 3.63) is 5.69 Å². The zero-order valence-corrected chi connectivity index (χ0v) is 4.61. The Hall–Kier alpha value is -1.72. The Balaban J connectivity index is 3.15. The monoisotopic (exact) mass is 145 g/mol. The fourth-order valence-corrected chi connectivity index (χ4v) is 0.440. The fourth-order valence-electron chi connectivity index (χ4n) is 0.440. The topological polar surface area (TPSA) is 104 Å². The third-order valence-electron chi connectivity index (χ3n) is 0.801. The average Bonchev–Trinajstić information content (AvgIpc) is 2.10. The molecule has 6 nitrogen and oxygen atoms in total. The standard InChI is InChI=1S/C4H3NO5/c6-2(7)1-3(8)10-4(9)5-1/h8H,(H,5,9)(H,6,7). The van der Waals surface area contributed by atoms with E-state index in [0.717, 1.165) is 0 Å². The van der Waals surface area contributed by atoms with Gasteiger partial charge >= 0.3 is 18.0 Å². The van der Waals surface area contributed by atoms with Gasteiger partial charge in [0.15, 0.2) is 0 Å². The van der Waals surface area contributed by atoms with Crippen LogP contribution in [0, 0.1) is 0 Å². The molecule has 0 atom stereocenters. The maximum atomic E-state index is 10.0. The van der Waals surface area contributed by atoms with E-state index in [2.05, 4.69) is 9.40 Å². The van der Waals surface area contributed by atoms with E-state index >= 15 is 0 Å². The van der Waals surface area contributed by atoms with Crippen molar-refractivity contribution >= 4 is 5.97 Å². The van der Waals surface area contributed by atoms with Gasteiger partial charge in [0.1, 0.15) is 0 Å². The molecule has 0 unspecified atom stereocenters. The summed E-state index contributed by atoms with van der Waals surface area (Å²) in [7, 11) is 0. The van der Waals surface area contributed by atoms with Gasteiger partial charge in [0.05, 0.1) is 0 Å². The lowest BCUT2D eigenvalue weighted by Crippen LogP contribution is -1.95. The van der Waals surface area contributed by atoms with E-state index in [1.165, 1.54) is 0 Å². The van der Waals surface area contributed by atoms with Crippen LogP contribution in [0.15, 0.2) is 4.42 Å². The van der Waals surface area contributed by atoms with Crippen LogP contribution < -0.4 is 0 Å². The molecule has 0 spiro atoms. The zero-order chi connectivity index (χ0) is 7.72. The maximum absolute atomic E-state index is 10.0. The number of hydrogen-bond donors (Lipinski definition) is 3. The smallest absolute Gasteiger partial charge is 0.394 e. The van der Waals surface area contributed by atoms with E-state index in [-0.39, 0.29) is 0 Å². The molecule has 0 radical (unpaired) electrons. The van der Waals surface area contributed by atoms with Gasteiger partial charge in [-0.05, 0) is 0 Å². The molecule has 0 aliphatic carbocycles. The highest BCUT2D eigenvalue weighted by molar-refractivity contribution is 5.87. The molecule has 0 aliphatic heterocycles. The predicted molar refractivity (Wildman–Crippen MR) is 26.8 cm³/mol. The Bertz CT molecular complexity index is 265. The molecule has 6 heteroatoms. The molecule has 10 heavy (non-hydrogen) atoms. The molecule has 1 rings (SSSR count). The molecule has 0 amide bonds. The second-order valence-corrected chi connectivity index (χ2v) is 1.46. The fraction of sp³-hybridized carbons (Fsp3) is 0. The van der Waals surface area contributed by atoms with Crippen molar-refractivity contribution in [2.45, 2.75) is 0 Å². The Labute approximate surface area is 54.4 Å². The third-order valence-corrected chi connectivity index (χ3v) is 0.801. The first kappa shape index (κ1) is 6.40. The second-order valence-electron chi connectivity index (χ2n) is 1.46. The van der Waals surface area contributed by atoms with E-state index in [1.807, 2.05) is 0 Å². The normalized spacial score (nSPS) is 9.60. The summed E-state index contributed by atoms with van der Waals surface area (Å²) >= 11 is 0. The number of aromatic carboxylic acids is 1. The van der Waals surface area contributed by atoms with E-state index in [1.54, 1.807) is 0 Å². The van der Waals surface area contributed by atoms with Gasteiger partial charge in [-0.25, -0.2) is 4.79 Å². The van der Waals surface area contributed by atoms with Gasteiger partial charge in [0, 0.05) is 0 Å². The number of carbonyl (C=O) groups is 1. The van der Waals surface area contributed by atoms with E-state index < -0.39 is 23.7 Å². The van der Waals surface area contributed by atoms with Crippen LogP contribution in [0.25, 0.3) is 0 Å². The summed E-state index contributed by atoms with van der Waals surface area (Å²) in [6.45, 7) is 0. The summed E-state index contributed by atoms with van der Waals surface area (Å²) < 4.78 is 3.99. The van der Waals surface area contributed by atoms with E-state index in [0.29, 0.717) is 0 Å². The number of carboxylic acids is 1. The van der Waals surface area contributed by atoms with Crippen molar-refractivity contribution in [3.8, 4) is 12.0 Å². The van der Waals surface area contributed by atoms with Gasteiger partial charge in [0.2, 0.25) is 5.69 Å². The molecule has 0 bridgehead atoms. The molecule has 0 saturated heterocycles. The maximum Gasteiger partial charge on any atom is 0.394 e. The lowest BCUT2D eigenvalue weighted by atomic mass is 10.5. The van der Waals surface area contributed by atoms with Crippen molar-refractivity contribution in [1.29, 1.82) is 0 Å². The van der Waals surface area contributed by atoms with Crippen LogP contribution in [-0.2, 0) is 0 Å². The molecule has 0 aromatic carbocycles. The molecule has 3 N–H and O–H groups in total. The van der Waals surface area contributed by atoms with E-state index in [9.17, 15) is 4.79 Å². The number of carboxylic acid groups (broad SMARTS) is 1. The van der Waals surface area contributed by atoms with Gasteiger partial charge < -0.3 is 19.7 Å². The molecule has 1 heterocycles. The Morgan fingerprint density at radius 3 is 2.30 bits per heavy atom. The van der Waals surface area contributed by atoms with Gasteiger partial charge in [0.25, 0.3) is 0 Å². The van der Waals surface area contributed by atoms with Crippen LogP contribution in [0.3, 0.4) is 0 Å². The lowest BCUT2D eigenvalue weighted by molar-refractivity contribution is 0.0685. The van der Waals surface area contributed by atoms with Crippen LogP contribution in [-0.4, -0.2) is 26.3 Å². The first-order valence-corrected chi connectivity index (χ1v) is 2.23. The van der Waals surface area contributed by atoms with Crippen molar-refractivity contribution in [1.82, 2.24) is 4.98 Å². The molecule has 54 valence electrons. The van der Waals surface area contributed by atoms with Crippen LogP contribution in [0.4, 0.5) is 0 Å². The summed E-state index contributed by atoms with van der Waals surface area (Å²) in [5.41, 5.74) is -0.697.